The average molecular weight is 267 g/mol. The second-order valence-corrected chi connectivity index (χ2v) is 5.15. The molecule has 0 fully saturated rings. The predicted octanol–water partition coefficient (Wildman–Crippen LogP) is 2.13. The van der Waals surface area contributed by atoms with Gasteiger partial charge in [-0.05, 0) is 12.8 Å². The van der Waals surface area contributed by atoms with E-state index in [9.17, 15) is 9.90 Å². The first-order valence-electron chi connectivity index (χ1n) is 6.01. The summed E-state index contributed by atoms with van der Waals surface area (Å²) in [7, 11) is 0. The van der Waals surface area contributed by atoms with Crippen molar-refractivity contribution in [1.29, 1.82) is 0 Å². The molecule has 0 saturated heterocycles. The maximum Gasteiger partial charge on any atom is 0.323 e. The summed E-state index contributed by atoms with van der Waals surface area (Å²) in [4.78, 5) is 16.7. The minimum Gasteiger partial charge on any atom is -0.480 e. The van der Waals surface area contributed by atoms with Crippen LogP contribution in [0.3, 0.4) is 0 Å². The fourth-order valence-corrected chi connectivity index (χ4v) is 2.72. The van der Waals surface area contributed by atoms with Crippen LogP contribution in [0.15, 0.2) is 17.8 Å². The van der Waals surface area contributed by atoms with Gasteiger partial charge in [0.1, 0.15) is 5.54 Å². The fourth-order valence-electron chi connectivity index (χ4n) is 2.00. The Bertz CT molecular complexity index is 514. The predicted molar refractivity (Wildman–Crippen MR) is 70.9 cm³/mol. The average Bonchev–Trinajstić information content (AvgIpc) is 2.91. The van der Waals surface area contributed by atoms with Gasteiger partial charge in [0.25, 0.3) is 0 Å². The van der Waals surface area contributed by atoms with Gasteiger partial charge in [-0.25, -0.2) is 4.98 Å². The molecule has 98 valence electrons. The molecule has 0 aliphatic rings. The van der Waals surface area contributed by atoms with Gasteiger partial charge in [0.15, 0.2) is 4.96 Å². The molecule has 2 aromatic rings. The highest BCUT2D eigenvalue weighted by atomic mass is 32.1. The number of thiazole rings is 1. The van der Waals surface area contributed by atoms with Crippen LogP contribution >= 0.6 is 11.3 Å². The zero-order valence-corrected chi connectivity index (χ0v) is 11.3. The lowest BCUT2D eigenvalue weighted by Crippen LogP contribution is -2.50. The number of carboxylic acids is 1. The highest BCUT2D eigenvalue weighted by molar-refractivity contribution is 7.15. The summed E-state index contributed by atoms with van der Waals surface area (Å²) < 4.78 is 1.95. The summed E-state index contributed by atoms with van der Waals surface area (Å²) in [5, 5.41) is 14.4. The first kappa shape index (κ1) is 13.0. The SMILES string of the molecule is CCC(CC)(NCc1cn2ccsc2n1)C(=O)O. The molecule has 2 aromatic heterocycles. The van der Waals surface area contributed by atoms with Crippen LogP contribution in [-0.2, 0) is 11.3 Å². The molecule has 0 atom stereocenters. The van der Waals surface area contributed by atoms with E-state index in [1.807, 2.05) is 36.0 Å². The molecule has 0 bridgehead atoms. The molecule has 5 nitrogen and oxygen atoms in total. The van der Waals surface area contributed by atoms with Crippen molar-refractivity contribution in [3.05, 3.63) is 23.5 Å². The minimum absolute atomic E-state index is 0.475. The summed E-state index contributed by atoms with van der Waals surface area (Å²) in [5.74, 6) is -0.798. The van der Waals surface area contributed by atoms with E-state index < -0.39 is 11.5 Å². The van der Waals surface area contributed by atoms with Crippen molar-refractivity contribution in [2.24, 2.45) is 0 Å². The molecule has 0 aliphatic heterocycles. The van der Waals surface area contributed by atoms with Crippen molar-refractivity contribution in [1.82, 2.24) is 14.7 Å². The number of nitrogens with one attached hydrogen (secondary N) is 1. The van der Waals surface area contributed by atoms with Gasteiger partial charge >= 0.3 is 5.97 Å². The second kappa shape index (κ2) is 5.07. The topological polar surface area (TPSA) is 66.6 Å². The Hall–Kier alpha value is -1.40. The molecule has 0 aliphatic carbocycles. The molecule has 6 heteroatoms. The largest absolute Gasteiger partial charge is 0.480 e. The van der Waals surface area contributed by atoms with Crippen LogP contribution in [0.1, 0.15) is 32.4 Å². The third-order valence-corrected chi connectivity index (χ3v) is 4.14. The van der Waals surface area contributed by atoms with E-state index in [0.29, 0.717) is 19.4 Å². The van der Waals surface area contributed by atoms with Crippen molar-refractivity contribution in [3.8, 4) is 0 Å². The number of aliphatic carboxylic acids is 1. The van der Waals surface area contributed by atoms with Gasteiger partial charge in [-0.2, -0.15) is 0 Å². The number of carboxylic acid groups (broad SMARTS) is 1. The van der Waals surface area contributed by atoms with Crippen LogP contribution in [0.2, 0.25) is 0 Å². The molecule has 2 N–H and O–H groups in total. The van der Waals surface area contributed by atoms with E-state index in [1.165, 1.54) is 0 Å². The lowest BCUT2D eigenvalue weighted by molar-refractivity contribution is -0.145. The van der Waals surface area contributed by atoms with Crippen molar-refractivity contribution in [2.75, 3.05) is 0 Å². The van der Waals surface area contributed by atoms with Crippen LogP contribution in [0.4, 0.5) is 0 Å². The third-order valence-electron chi connectivity index (χ3n) is 3.37. The maximum absolute atomic E-state index is 11.3. The number of hydrogen-bond acceptors (Lipinski definition) is 4. The van der Waals surface area contributed by atoms with Crippen LogP contribution < -0.4 is 5.32 Å². The lowest BCUT2D eigenvalue weighted by Gasteiger charge is -2.27. The Kier molecular flexibility index (Phi) is 3.68. The Morgan fingerprint density at radius 1 is 1.56 bits per heavy atom. The van der Waals surface area contributed by atoms with Crippen molar-refractivity contribution in [2.45, 2.75) is 38.8 Å². The highest BCUT2D eigenvalue weighted by Gasteiger charge is 2.34. The van der Waals surface area contributed by atoms with Crippen LogP contribution in [-0.4, -0.2) is 26.0 Å². The third kappa shape index (κ3) is 2.26. The number of rotatable bonds is 6. The van der Waals surface area contributed by atoms with Crippen molar-refractivity contribution >= 4 is 22.3 Å². The van der Waals surface area contributed by atoms with Gasteiger partial charge in [-0.15, -0.1) is 11.3 Å². The molecule has 0 aromatic carbocycles. The molecular weight excluding hydrogens is 250 g/mol. The number of carbonyl (C=O) groups is 1. The summed E-state index contributed by atoms with van der Waals surface area (Å²) in [6.45, 7) is 4.25. The molecule has 0 spiro atoms. The first-order chi connectivity index (χ1) is 8.61. The molecule has 0 amide bonds. The Balaban J connectivity index is 2.10. The fraction of sp³-hybridized carbons (Fsp3) is 0.500. The molecule has 18 heavy (non-hydrogen) atoms. The van der Waals surface area contributed by atoms with E-state index in [1.54, 1.807) is 11.3 Å². The van der Waals surface area contributed by atoms with Gasteiger partial charge in [0.2, 0.25) is 0 Å². The van der Waals surface area contributed by atoms with Gasteiger partial charge in [0, 0.05) is 24.3 Å². The summed E-state index contributed by atoms with van der Waals surface area (Å²) in [5.41, 5.74) is 0.0196. The Labute approximate surface area is 109 Å². The molecule has 0 saturated carbocycles. The Morgan fingerprint density at radius 3 is 2.83 bits per heavy atom. The number of fused-ring (bicyclic) bond motifs is 1. The van der Waals surface area contributed by atoms with Gasteiger partial charge < -0.3 is 5.11 Å². The molecule has 0 radical (unpaired) electrons. The Morgan fingerprint density at radius 2 is 2.28 bits per heavy atom. The quantitative estimate of drug-likeness (QED) is 0.841. The summed E-state index contributed by atoms with van der Waals surface area (Å²) in [6, 6.07) is 0. The second-order valence-electron chi connectivity index (χ2n) is 4.27. The maximum atomic E-state index is 11.3. The smallest absolute Gasteiger partial charge is 0.323 e. The van der Waals surface area contributed by atoms with E-state index in [2.05, 4.69) is 10.3 Å². The number of nitrogens with zero attached hydrogens (tertiary/aromatic N) is 2. The van der Waals surface area contributed by atoms with E-state index in [-0.39, 0.29) is 0 Å². The summed E-state index contributed by atoms with van der Waals surface area (Å²) in [6.07, 6.45) is 4.99. The monoisotopic (exact) mass is 267 g/mol. The number of hydrogen-bond donors (Lipinski definition) is 2. The minimum atomic E-state index is -0.850. The zero-order chi connectivity index (χ0) is 13.2. The van der Waals surface area contributed by atoms with Crippen LogP contribution in [0, 0.1) is 0 Å². The van der Waals surface area contributed by atoms with E-state index in [4.69, 9.17) is 0 Å². The molecule has 2 rings (SSSR count). The zero-order valence-electron chi connectivity index (χ0n) is 10.5. The van der Waals surface area contributed by atoms with Crippen molar-refractivity contribution in [3.63, 3.8) is 0 Å². The van der Waals surface area contributed by atoms with E-state index in [0.717, 1.165) is 10.7 Å². The van der Waals surface area contributed by atoms with Gasteiger partial charge in [-0.3, -0.25) is 14.5 Å². The highest BCUT2D eigenvalue weighted by Crippen LogP contribution is 2.17. The standard InChI is InChI=1S/C12H17N3O2S/c1-3-12(4-2,10(16)17)13-7-9-8-15-5-6-18-11(15)14-9/h5-6,8,13H,3-4,7H2,1-2H3,(H,16,17). The van der Waals surface area contributed by atoms with Crippen molar-refractivity contribution < 1.29 is 9.90 Å². The number of aromatic nitrogens is 2. The number of imidazole rings is 1. The van der Waals surface area contributed by atoms with Crippen LogP contribution in [0.25, 0.3) is 4.96 Å². The van der Waals surface area contributed by atoms with Gasteiger partial charge in [0.05, 0.1) is 5.69 Å². The molecule has 2 heterocycles. The van der Waals surface area contributed by atoms with E-state index >= 15 is 0 Å². The van der Waals surface area contributed by atoms with Crippen LogP contribution in [0.5, 0.6) is 0 Å². The lowest BCUT2D eigenvalue weighted by atomic mass is 9.93. The first-order valence-corrected chi connectivity index (χ1v) is 6.88. The van der Waals surface area contributed by atoms with Gasteiger partial charge in [-0.1, -0.05) is 13.8 Å². The molecule has 0 unspecified atom stereocenters. The summed E-state index contributed by atoms with van der Waals surface area (Å²) >= 11 is 1.57. The normalized spacial score (nSPS) is 12.1. The molecular formula is C12H17N3O2S.